The molecule has 0 bridgehead atoms. The first-order chi connectivity index (χ1) is 12.0. The van der Waals surface area contributed by atoms with Crippen LogP contribution in [0.1, 0.15) is 38.7 Å². The monoisotopic (exact) mass is 376 g/mol. The molecule has 0 aliphatic heterocycles. The quantitative estimate of drug-likeness (QED) is 0.759. The van der Waals surface area contributed by atoms with E-state index in [9.17, 15) is 0 Å². The third-order valence-corrected chi connectivity index (χ3v) is 5.66. The lowest BCUT2D eigenvalue weighted by Gasteiger charge is -2.35. The number of nitrogens with zero attached hydrogens (tertiary/aromatic N) is 2. The fourth-order valence-corrected chi connectivity index (χ4v) is 3.88. The second kappa shape index (κ2) is 8.19. The summed E-state index contributed by atoms with van der Waals surface area (Å²) >= 11 is 11.8. The minimum absolute atomic E-state index is 0.411. The molecule has 3 atom stereocenters. The Hall–Kier alpha value is -1.59. The van der Waals surface area contributed by atoms with E-state index in [-0.39, 0.29) is 0 Å². The normalized spacial score (nSPS) is 23.2. The van der Waals surface area contributed by atoms with Crippen LogP contribution >= 0.6 is 23.8 Å². The minimum Gasteiger partial charge on any atom is -0.359 e. The van der Waals surface area contributed by atoms with Crippen molar-refractivity contribution in [3.8, 4) is 0 Å². The van der Waals surface area contributed by atoms with Gasteiger partial charge in [-0.1, -0.05) is 68.6 Å². The molecule has 25 heavy (non-hydrogen) atoms. The van der Waals surface area contributed by atoms with Gasteiger partial charge in [-0.3, -0.25) is 4.68 Å². The summed E-state index contributed by atoms with van der Waals surface area (Å²) in [5.41, 5.74) is 1.18. The Morgan fingerprint density at radius 2 is 2.04 bits per heavy atom. The second-order valence-electron chi connectivity index (χ2n) is 6.98. The van der Waals surface area contributed by atoms with Crippen molar-refractivity contribution in [1.82, 2.24) is 15.1 Å². The molecule has 4 nitrogen and oxygen atoms in total. The third kappa shape index (κ3) is 4.73. The molecule has 134 valence electrons. The van der Waals surface area contributed by atoms with Gasteiger partial charge in [-0.2, -0.15) is 5.10 Å². The Labute approximate surface area is 160 Å². The Bertz CT molecular complexity index is 715. The lowest BCUT2D eigenvalue weighted by molar-refractivity contribution is 0.225. The summed E-state index contributed by atoms with van der Waals surface area (Å²) in [5.74, 6) is 1.94. The molecule has 2 N–H and O–H groups in total. The van der Waals surface area contributed by atoms with Gasteiger partial charge in [0.25, 0.3) is 0 Å². The van der Waals surface area contributed by atoms with Gasteiger partial charge in [-0.15, -0.1) is 0 Å². The molecule has 0 spiro atoms. The fourth-order valence-electron chi connectivity index (χ4n) is 3.43. The standard InChI is InChI=1S/C19H25ClN4S/c1-13-7-6-10-17(14(13)2)21-19(25)22-18-16(20)12-24(23-18)11-15-8-4-3-5-9-15/h3-5,8-9,12-14,17H,6-7,10-11H2,1-2H3,(H2,21,22,23,25)/t13-,14+,17+/m1/s1. The van der Waals surface area contributed by atoms with Crippen LogP contribution in [0.3, 0.4) is 0 Å². The van der Waals surface area contributed by atoms with E-state index in [1.165, 1.54) is 18.4 Å². The van der Waals surface area contributed by atoms with Gasteiger partial charge >= 0.3 is 0 Å². The summed E-state index contributed by atoms with van der Waals surface area (Å²) in [4.78, 5) is 0. The second-order valence-corrected chi connectivity index (χ2v) is 7.80. The summed E-state index contributed by atoms with van der Waals surface area (Å²) in [5, 5.41) is 12.3. The number of aromatic nitrogens is 2. The van der Waals surface area contributed by atoms with Crippen molar-refractivity contribution < 1.29 is 0 Å². The average molecular weight is 377 g/mol. The van der Waals surface area contributed by atoms with Gasteiger partial charge in [0.05, 0.1) is 6.54 Å². The highest BCUT2D eigenvalue weighted by Crippen LogP contribution is 2.29. The summed E-state index contributed by atoms with van der Waals surface area (Å²) in [6.07, 6.45) is 5.53. The molecule has 1 saturated carbocycles. The summed E-state index contributed by atoms with van der Waals surface area (Å²) in [6.45, 7) is 5.29. The number of nitrogens with one attached hydrogen (secondary N) is 2. The van der Waals surface area contributed by atoms with Gasteiger partial charge in [-0.25, -0.2) is 0 Å². The van der Waals surface area contributed by atoms with E-state index in [0.29, 0.717) is 34.5 Å². The summed E-state index contributed by atoms with van der Waals surface area (Å²) in [6, 6.07) is 10.6. The highest BCUT2D eigenvalue weighted by molar-refractivity contribution is 7.80. The van der Waals surface area contributed by atoms with E-state index in [1.54, 1.807) is 0 Å². The van der Waals surface area contributed by atoms with E-state index >= 15 is 0 Å². The van der Waals surface area contributed by atoms with E-state index in [4.69, 9.17) is 23.8 Å². The Kier molecular flexibility index (Phi) is 5.97. The van der Waals surface area contributed by atoms with Crippen molar-refractivity contribution in [2.45, 2.75) is 45.7 Å². The maximum absolute atomic E-state index is 6.32. The van der Waals surface area contributed by atoms with E-state index in [0.717, 1.165) is 12.3 Å². The molecule has 0 amide bonds. The number of hydrogen-bond donors (Lipinski definition) is 2. The molecule has 0 radical (unpaired) electrons. The van der Waals surface area contributed by atoms with Crippen molar-refractivity contribution in [2.75, 3.05) is 5.32 Å². The Morgan fingerprint density at radius 3 is 2.80 bits per heavy atom. The van der Waals surface area contributed by atoms with Crippen LogP contribution in [0, 0.1) is 11.8 Å². The number of halogens is 1. The molecule has 1 aromatic heterocycles. The zero-order chi connectivity index (χ0) is 17.8. The third-order valence-electron chi connectivity index (χ3n) is 5.16. The number of anilines is 1. The zero-order valence-corrected chi connectivity index (χ0v) is 16.3. The lowest BCUT2D eigenvalue weighted by atomic mass is 9.78. The largest absolute Gasteiger partial charge is 0.359 e. The van der Waals surface area contributed by atoms with Crippen molar-refractivity contribution in [1.29, 1.82) is 0 Å². The van der Waals surface area contributed by atoms with Crippen LogP contribution in [0.25, 0.3) is 0 Å². The Morgan fingerprint density at radius 1 is 1.28 bits per heavy atom. The van der Waals surface area contributed by atoms with Gasteiger partial charge in [0.15, 0.2) is 10.9 Å². The molecular formula is C19H25ClN4S. The van der Waals surface area contributed by atoms with Gasteiger partial charge in [0, 0.05) is 12.2 Å². The van der Waals surface area contributed by atoms with E-state index in [2.05, 4.69) is 41.7 Å². The molecule has 3 rings (SSSR count). The summed E-state index contributed by atoms with van der Waals surface area (Å²) in [7, 11) is 0. The van der Waals surface area contributed by atoms with Gasteiger partial charge in [0.2, 0.25) is 0 Å². The molecule has 6 heteroatoms. The van der Waals surface area contributed by atoms with Gasteiger partial charge < -0.3 is 10.6 Å². The van der Waals surface area contributed by atoms with Gasteiger partial charge in [0.1, 0.15) is 5.02 Å². The van der Waals surface area contributed by atoms with E-state index in [1.807, 2.05) is 29.1 Å². The smallest absolute Gasteiger partial charge is 0.173 e. The molecule has 0 saturated heterocycles. The van der Waals surface area contributed by atoms with Crippen molar-refractivity contribution in [3.63, 3.8) is 0 Å². The van der Waals surface area contributed by atoms with Crippen LogP contribution in [0.15, 0.2) is 36.5 Å². The minimum atomic E-state index is 0.411. The topological polar surface area (TPSA) is 41.9 Å². The molecule has 1 aliphatic carbocycles. The molecule has 0 unspecified atom stereocenters. The van der Waals surface area contributed by atoms with Crippen molar-refractivity contribution >= 4 is 34.7 Å². The number of rotatable bonds is 4. The van der Waals surface area contributed by atoms with Crippen LogP contribution in [0.4, 0.5) is 5.82 Å². The predicted molar refractivity (Wildman–Crippen MR) is 108 cm³/mol. The highest BCUT2D eigenvalue weighted by atomic mass is 35.5. The summed E-state index contributed by atoms with van der Waals surface area (Å²) < 4.78 is 1.83. The number of thiocarbonyl (C=S) groups is 1. The predicted octanol–water partition coefficient (Wildman–Crippen LogP) is 4.70. The van der Waals surface area contributed by atoms with Crippen LogP contribution in [0.5, 0.6) is 0 Å². The Balaban J connectivity index is 1.60. The molecule has 1 aromatic carbocycles. The van der Waals surface area contributed by atoms with Crippen LogP contribution in [-0.2, 0) is 6.54 Å². The van der Waals surface area contributed by atoms with Crippen LogP contribution < -0.4 is 10.6 Å². The maximum atomic E-state index is 6.32. The first-order valence-electron chi connectivity index (χ1n) is 8.87. The van der Waals surface area contributed by atoms with E-state index < -0.39 is 0 Å². The zero-order valence-electron chi connectivity index (χ0n) is 14.7. The molecule has 2 aromatic rings. The SMILES string of the molecule is C[C@H]1[C@H](C)CCC[C@@H]1NC(=S)Nc1nn(Cc2ccccc2)cc1Cl. The van der Waals surface area contributed by atoms with Crippen molar-refractivity contribution in [2.24, 2.45) is 11.8 Å². The first-order valence-corrected chi connectivity index (χ1v) is 9.66. The number of hydrogen-bond acceptors (Lipinski definition) is 2. The lowest BCUT2D eigenvalue weighted by Crippen LogP contribution is -2.45. The molecule has 1 fully saturated rings. The van der Waals surface area contributed by atoms with Crippen LogP contribution in [-0.4, -0.2) is 20.9 Å². The average Bonchev–Trinajstić information content (AvgIpc) is 2.92. The first kappa shape index (κ1) is 18.2. The van der Waals surface area contributed by atoms with Crippen LogP contribution in [0.2, 0.25) is 5.02 Å². The maximum Gasteiger partial charge on any atom is 0.173 e. The van der Waals surface area contributed by atoms with Gasteiger partial charge in [-0.05, 0) is 36.0 Å². The molecule has 1 heterocycles. The van der Waals surface area contributed by atoms with Crippen molar-refractivity contribution in [3.05, 3.63) is 47.1 Å². The number of benzene rings is 1. The molecular weight excluding hydrogens is 352 g/mol. The molecule has 1 aliphatic rings. The highest BCUT2D eigenvalue weighted by Gasteiger charge is 2.27. The fraction of sp³-hybridized carbons (Fsp3) is 0.474.